The largest absolute Gasteiger partial charge is 0.477 e. The van der Waals surface area contributed by atoms with Crippen molar-refractivity contribution >= 4 is 40.8 Å². The van der Waals surface area contributed by atoms with Gasteiger partial charge in [-0.15, -0.1) is 0 Å². The van der Waals surface area contributed by atoms with E-state index in [9.17, 15) is 14.7 Å². The third kappa shape index (κ3) is 4.36. The van der Waals surface area contributed by atoms with E-state index in [1.54, 1.807) is 6.92 Å². The van der Waals surface area contributed by atoms with Gasteiger partial charge < -0.3 is 25.0 Å². The maximum absolute atomic E-state index is 12.7. The van der Waals surface area contributed by atoms with Crippen LogP contribution in [0.2, 0.25) is 10.0 Å². The van der Waals surface area contributed by atoms with Crippen LogP contribution >= 0.6 is 23.2 Å². The molecule has 3 heterocycles. The van der Waals surface area contributed by atoms with E-state index in [0.717, 1.165) is 0 Å². The Morgan fingerprint density at radius 1 is 1.40 bits per heavy atom. The van der Waals surface area contributed by atoms with Crippen molar-refractivity contribution in [2.24, 2.45) is 0 Å². The molecule has 0 spiro atoms. The molecule has 30 heavy (non-hydrogen) atoms. The lowest BCUT2D eigenvalue weighted by Crippen LogP contribution is -2.55. The number of carboxylic acids is 1. The zero-order chi connectivity index (χ0) is 22.0. The van der Waals surface area contributed by atoms with Crippen molar-refractivity contribution in [2.75, 3.05) is 25.1 Å². The molecule has 2 aromatic rings. The van der Waals surface area contributed by atoms with Crippen LogP contribution in [0.4, 0.5) is 5.69 Å². The highest BCUT2D eigenvalue weighted by atomic mass is 35.5. The van der Waals surface area contributed by atoms with Crippen LogP contribution in [0.5, 0.6) is 0 Å². The number of nitrogens with one attached hydrogen (secondary N) is 2. The second kappa shape index (κ2) is 8.92. The van der Waals surface area contributed by atoms with Gasteiger partial charge in [-0.1, -0.05) is 23.2 Å². The Kier molecular flexibility index (Phi) is 6.51. The quantitative estimate of drug-likeness (QED) is 0.636. The van der Waals surface area contributed by atoms with E-state index >= 15 is 0 Å². The number of hydrogen-bond donors (Lipinski definition) is 3. The van der Waals surface area contributed by atoms with Crippen LogP contribution in [0.3, 0.4) is 0 Å². The number of aryl methyl sites for hydroxylation is 1. The van der Waals surface area contributed by atoms with Crippen molar-refractivity contribution in [2.45, 2.75) is 25.5 Å². The molecule has 2 atom stereocenters. The summed E-state index contributed by atoms with van der Waals surface area (Å²) in [6.07, 6.45) is 0.155. The Hall–Kier alpha value is -2.80. The number of pyridine rings is 1. The standard InChI is InChI=1S/C19H19Cl2N5O4/c1-9-15(20)16(21)17(23-9)18(27)25-12-3-4-26(8-14(12)30-2)11-5-10(7-22)24-13(6-11)19(28)29/h5-6,12,14,23H,3-4,8H2,1-2H3,(H,25,27)(H,28,29)/t12-,14+/m1/s1. The molecule has 0 aromatic carbocycles. The third-order valence-corrected chi connectivity index (χ3v) is 5.92. The van der Waals surface area contributed by atoms with Crippen LogP contribution < -0.4 is 10.2 Å². The molecule has 1 aliphatic heterocycles. The van der Waals surface area contributed by atoms with Crippen molar-refractivity contribution in [3.63, 3.8) is 0 Å². The zero-order valence-electron chi connectivity index (χ0n) is 16.2. The average Bonchev–Trinajstić information content (AvgIpc) is 3.00. The number of piperidine rings is 1. The summed E-state index contributed by atoms with van der Waals surface area (Å²) >= 11 is 12.2. The number of halogens is 2. The number of methoxy groups -OCH3 is 1. The Balaban J connectivity index is 1.76. The number of rotatable bonds is 5. The second-order valence-corrected chi connectivity index (χ2v) is 7.61. The number of aromatic amines is 1. The van der Waals surface area contributed by atoms with Crippen LogP contribution in [0.1, 0.15) is 38.8 Å². The average molecular weight is 452 g/mol. The molecule has 0 radical (unpaired) electrons. The van der Waals surface area contributed by atoms with Gasteiger partial charge in [-0.3, -0.25) is 4.79 Å². The number of ether oxygens (including phenoxy) is 1. The number of H-pyrrole nitrogens is 1. The minimum atomic E-state index is -1.21. The molecule has 1 fully saturated rings. The minimum Gasteiger partial charge on any atom is -0.477 e. The number of nitrogens with zero attached hydrogens (tertiary/aromatic N) is 3. The molecule has 0 bridgehead atoms. The number of aromatic nitrogens is 2. The van der Waals surface area contributed by atoms with E-state index in [1.807, 2.05) is 11.0 Å². The van der Waals surface area contributed by atoms with Gasteiger partial charge >= 0.3 is 5.97 Å². The van der Waals surface area contributed by atoms with Crippen LogP contribution in [-0.2, 0) is 4.74 Å². The van der Waals surface area contributed by atoms with Crippen molar-refractivity contribution in [3.8, 4) is 6.07 Å². The first-order valence-electron chi connectivity index (χ1n) is 9.02. The topological polar surface area (TPSA) is 131 Å². The summed E-state index contributed by atoms with van der Waals surface area (Å²) in [5, 5.41) is 21.8. The monoisotopic (exact) mass is 451 g/mol. The van der Waals surface area contributed by atoms with Crippen LogP contribution in [0.15, 0.2) is 12.1 Å². The van der Waals surface area contributed by atoms with Crippen molar-refractivity contribution < 1.29 is 19.4 Å². The van der Waals surface area contributed by atoms with Crippen LogP contribution in [-0.4, -0.2) is 59.3 Å². The summed E-state index contributed by atoms with van der Waals surface area (Å²) in [6.45, 7) is 2.61. The van der Waals surface area contributed by atoms with Crippen LogP contribution in [0, 0.1) is 18.3 Å². The molecule has 158 valence electrons. The summed E-state index contributed by atoms with van der Waals surface area (Å²) in [7, 11) is 1.53. The van der Waals surface area contributed by atoms with E-state index in [0.29, 0.717) is 35.9 Å². The predicted molar refractivity (Wildman–Crippen MR) is 110 cm³/mol. The number of amides is 1. The first-order valence-corrected chi connectivity index (χ1v) is 9.78. The van der Waals surface area contributed by atoms with Gasteiger partial charge in [0.15, 0.2) is 5.69 Å². The Bertz CT molecular complexity index is 1030. The lowest BCUT2D eigenvalue weighted by atomic mass is 10.0. The number of carbonyl (C=O) groups excluding carboxylic acids is 1. The van der Waals surface area contributed by atoms with Gasteiger partial charge in [0.25, 0.3) is 5.91 Å². The van der Waals surface area contributed by atoms with E-state index in [1.165, 1.54) is 19.2 Å². The SMILES string of the molecule is CO[C@H]1CN(c2cc(C#N)nc(C(=O)O)c2)CC[C@H]1NC(=O)c1[nH]c(C)c(Cl)c1Cl. The fourth-order valence-electron chi connectivity index (χ4n) is 3.39. The summed E-state index contributed by atoms with van der Waals surface area (Å²) in [5.41, 5.74) is 1.16. The maximum atomic E-state index is 12.7. The Morgan fingerprint density at radius 2 is 2.13 bits per heavy atom. The second-order valence-electron chi connectivity index (χ2n) is 6.85. The summed E-state index contributed by atoms with van der Waals surface area (Å²) in [4.78, 5) is 32.5. The molecule has 3 rings (SSSR count). The summed E-state index contributed by atoms with van der Waals surface area (Å²) < 4.78 is 5.56. The highest BCUT2D eigenvalue weighted by molar-refractivity contribution is 6.44. The number of aromatic carboxylic acids is 1. The number of hydrogen-bond acceptors (Lipinski definition) is 6. The van der Waals surface area contributed by atoms with E-state index in [2.05, 4.69) is 15.3 Å². The molecular formula is C19H19Cl2N5O4. The third-order valence-electron chi connectivity index (χ3n) is 4.97. The van der Waals surface area contributed by atoms with Gasteiger partial charge in [0.1, 0.15) is 17.5 Å². The molecule has 0 unspecified atom stereocenters. The molecule has 1 aliphatic rings. The first-order chi connectivity index (χ1) is 14.2. The first kappa shape index (κ1) is 21.9. The highest BCUT2D eigenvalue weighted by Gasteiger charge is 2.32. The van der Waals surface area contributed by atoms with E-state index < -0.39 is 5.97 Å². The van der Waals surface area contributed by atoms with Crippen molar-refractivity contribution in [1.29, 1.82) is 5.26 Å². The number of carboxylic acid groups (broad SMARTS) is 1. The van der Waals surface area contributed by atoms with Gasteiger partial charge in [0, 0.05) is 31.6 Å². The molecule has 0 saturated carbocycles. The van der Waals surface area contributed by atoms with Gasteiger partial charge in [-0.05, 0) is 25.5 Å². The van der Waals surface area contributed by atoms with Crippen molar-refractivity contribution in [1.82, 2.24) is 15.3 Å². The Labute approximate surface area is 182 Å². The smallest absolute Gasteiger partial charge is 0.354 e. The Morgan fingerprint density at radius 3 is 2.70 bits per heavy atom. The van der Waals surface area contributed by atoms with Crippen LogP contribution in [0.25, 0.3) is 0 Å². The normalized spacial score (nSPS) is 18.7. The van der Waals surface area contributed by atoms with Crippen molar-refractivity contribution in [3.05, 3.63) is 45.0 Å². The molecule has 2 aromatic heterocycles. The summed E-state index contributed by atoms with van der Waals surface area (Å²) in [5.74, 6) is -1.60. The van der Waals surface area contributed by atoms with Gasteiger partial charge in [0.2, 0.25) is 0 Å². The zero-order valence-corrected chi connectivity index (χ0v) is 17.7. The number of anilines is 1. The molecule has 0 aliphatic carbocycles. The molecule has 1 amide bonds. The number of carbonyl (C=O) groups is 2. The lowest BCUT2D eigenvalue weighted by molar-refractivity contribution is 0.0540. The molecular weight excluding hydrogens is 433 g/mol. The fraction of sp³-hybridized carbons (Fsp3) is 0.368. The fourth-order valence-corrected chi connectivity index (χ4v) is 3.81. The number of nitriles is 1. The molecule has 9 nitrogen and oxygen atoms in total. The maximum Gasteiger partial charge on any atom is 0.354 e. The van der Waals surface area contributed by atoms with E-state index in [4.69, 9.17) is 33.2 Å². The minimum absolute atomic E-state index is 0.0166. The molecule has 11 heteroatoms. The van der Waals surface area contributed by atoms with E-state index in [-0.39, 0.29) is 40.2 Å². The van der Waals surface area contributed by atoms with Gasteiger partial charge in [0.05, 0.1) is 22.2 Å². The van der Waals surface area contributed by atoms with Gasteiger partial charge in [-0.25, -0.2) is 9.78 Å². The molecule has 1 saturated heterocycles. The summed E-state index contributed by atoms with van der Waals surface area (Å²) in [6, 6.07) is 4.52. The predicted octanol–water partition coefficient (Wildman–Crippen LogP) is 2.62. The van der Waals surface area contributed by atoms with Gasteiger partial charge in [-0.2, -0.15) is 5.26 Å². The highest BCUT2D eigenvalue weighted by Crippen LogP contribution is 2.29. The lowest BCUT2D eigenvalue weighted by Gasteiger charge is -2.39. The molecule has 3 N–H and O–H groups in total.